The zero-order chi connectivity index (χ0) is 15.4. The topological polar surface area (TPSA) is 29.1 Å². The highest BCUT2D eigenvalue weighted by molar-refractivity contribution is 6.35. The lowest BCUT2D eigenvalue weighted by Gasteiger charge is -2.09. The van der Waals surface area contributed by atoms with Crippen LogP contribution in [0.5, 0.6) is 0 Å². The van der Waals surface area contributed by atoms with Crippen molar-refractivity contribution in [1.82, 2.24) is 0 Å². The molecule has 0 atom stereocenters. The number of rotatable bonds is 4. The monoisotopic (exact) mass is 325 g/mol. The number of amides is 1. The first-order valence-electron chi connectivity index (χ1n) is 6.45. The number of halogens is 3. The summed E-state index contributed by atoms with van der Waals surface area (Å²) in [7, 11) is 0. The van der Waals surface area contributed by atoms with Crippen LogP contribution in [-0.4, -0.2) is 5.91 Å². The molecular weight excluding hydrogens is 312 g/mol. The Labute approximate surface area is 132 Å². The van der Waals surface area contributed by atoms with E-state index in [1.54, 1.807) is 24.3 Å². The predicted molar refractivity (Wildman–Crippen MR) is 84.5 cm³/mol. The molecule has 21 heavy (non-hydrogen) atoms. The number of nitrogens with one attached hydrogen (secondary N) is 1. The third kappa shape index (κ3) is 4.45. The largest absolute Gasteiger partial charge is 0.326 e. The predicted octanol–water partition coefficient (Wildman–Crippen LogP) is 5.01. The lowest BCUT2D eigenvalue weighted by atomic mass is 10.1. The maximum Gasteiger partial charge on any atom is 0.224 e. The van der Waals surface area contributed by atoms with Crippen molar-refractivity contribution in [3.63, 3.8) is 0 Å². The second-order valence-electron chi connectivity index (χ2n) is 4.74. The van der Waals surface area contributed by atoms with Crippen molar-refractivity contribution in [2.24, 2.45) is 0 Å². The van der Waals surface area contributed by atoms with E-state index in [0.29, 0.717) is 22.2 Å². The van der Waals surface area contributed by atoms with Gasteiger partial charge in [0.05, 0.1) is 0 Å². The molecule has 2 nitrogen and oxygen atoms in total. The van der Waals surface area contributed by atoms with Crippen LogP contribution in [0.1, 0.15) is 17.5 Å². The summed E-state index contributed by atoms with van der Waals surface area (Å²) in [5, 5.41) is 3.80. The zero-order valence-corrected chi connectivity index (χ0v) is 12.9. The van der Waals surface area contributed by atoms with Crippen molar-refractivity contribution in [3.8, 4) is 0 Å². The number of hydrogen-bond acceptors (Lipinski definition) is 1. The Morgan fingerprint density at radius 3 is 2.67 bits per heavy atom. The standard InChI is InChI=1S/C16H14Cl2FNO/c1-10-2-6-13(19)9-15(10)20-16(21)7-4-11-3-5-12(17)8-14(11)18/h2-3,5-6,8-9H,4,7H2,1H3,(H,20,21). The first-order chi connectivity index (χ1) is 9.95. The van der Waals surface area contributed by atoms with Gasteiger partial charge in [0.25, 0.3) is 0 Å². The number of anilines is 1. The Balaban J connectivity index is 1.97. The molecule has 2 rings (SSSR count). The molecule has 0 saturated carbocycles. The van der Waals surface area contributed by atoms with Gasteiger partial charge < -0.3 is 5.32 Å². The molecule has 1 N–H and O–H groups in total. The Morgan fingerprint density at radius 2 is 1.95 bits per heavy atom. The van der Waals surface area contributed by atoms with Crippen molar-refractivity contribution in [1.29, 1.82) is 0 Å². The summed E-state index contributed by atoms with van der Waals surface area (Å²) in [5.41, 5.74) is 2.16. The Kier molecular flexibility index (Phi) is 5.21. The van der Waals surface area contributed by atoms with Crippen molar-refractivity contribution in [2.75, 3.05) is 5.32 Å². The maximum absolute atomic E-state index is 13.2. The molecule has 0 aliphatic carbocycles. The maximum atomic E-state index is 13.2. The van der Waals surface area contributed by atoms with Gasteiger partial charge in [0.1, 0.15) is 5.82 Å². The summed E-state index contributed by atoms with van der Waals surface area (Å²) in [6.45, 7) is 1.81. The number of aryl methyl sites for hydroxylation is 2. The van der Waals surface area contributed by atoms with Crippen LogP contribution in [-0.2, 0) is 11.2 Å². The normalized spacial score (nSPS) is 10.5. The van der Waals surface area contributed by atoms with Crippen LogP contribution in [0.2, 0.25) is 10.0 Å². The summed E-state index contributed by atoms with van der Waals surface area (Å²) >= 11 is 11.9. The van der Waals surface area contributed by atoms with Crippen LogP contribution in [0.15, 0.2) is 36.4 Å². The van der Waals surface area contributed by atoms with E-state index in [0.717, 1.165) is 11.1 Å². The Morgan fingerprint density at radius 1 is 1.19 bits per heavy atom. The van der Waals surface area contributed by atoms with E-state index in [2.05, 4.69) is 5.32 Å². The molecule has 110 valence electrons. The van der Waals surface area contributed by atoms with E-state index in [1.807, 2.05) is 6.92 Å². The van der Waals surface area contributed by atoms with Crippen LogP contribution in [0.3, 0.4) is 0 Å². The number of carbonyl (C=O) groups excluding carboxylic acids is 1. The minimum atomic E-state index is -0.378. The zero-order valence-electron chi connectivity index (χ0n) is 11.4. The molecule has 1 amide bonds. The van der Waals surface area contributed by atoms with Gasteiger partial charge in [-0.1, -0.05) is 35.3 Å². The number of hydrogen-bond donors (Lipinski definition) is 1. The van der Waals surface area contributed by atoms with Crippen molar-refractivity contribution < 1.29 is 9.18 Å². The highest BCUT2D eigenvalue weighted by Crippen LogP contribution is 2.22. The highest BCUT2D eigenvalue weighted by atomic mass is 35.5. The molecule has 0 aliphatic heterocycles. The van der Waals surface area contributed by atoms with Crippen LogP contribution in [0, 0.1) is 12.7 Å². The van der Waals surface area contributed by atoms with Crippen molar-refractivity contribution in [2.45, 2.75) is 19.8 Å². The van der Waals surface area contributed by atoms with Gasteiger partial charge in [0, 0.05) is 22.2 Å². The Hall–Kier alpha value is -1.58. The van der Waals surface area contributed by atoms with E-state index in [1.165, 1.54) is 12.1 Å². The summed E-state index contributed by atoms with van der Waals surface area (Å²) in [5.74, 6) is -0.564. The third-order valence-corrected chi connectivity index (χ3v) is 3.70. The van der Waals surface area contributed by atoms with Crippen molar-refractivity contribution >= 4 is 34.8 Å². The van der Waals surface area contributed by atoms with Crippen LogP contribution in [0.4, 0.5) is 10.1 Å². The van der Waals surface area contributed by atoms with Gasteiger partial charge in [-0.25, -0.2) is 4.39 Å². The van der Waals surface area contributed by atoms with Gasteiger partial charge >= 0.3 is 0 Å². The average Bonchev–Trinajstić information content (AvgIpc) is 2.42. The first-order valence-corrected chi connectivity index (χ1v) is 7.21. The highest BCUT2D eigenvalue weighted by Gasteiger charge is 2.08. The van der Waals surface area contributed by atoms with E-state index in [-0.39, 0.29) is 18.1 Å². The SMILES string of the molecule is Cc1ccc(F)cc1NC(=O)CCc1ccc(Cl)cc1Cl. The fourth-order valence-electron chi connectivity index (χ4n) is 1.91. The molecule has 0 unspecified atom stereocenters. The van der Waals surface area contributed by atoms with Gasteiger partial charge in [-0.15, -0.1) is 0 Å². The molecular formula is C16H14Cl2FNO. The van der Waals surface area contributed by atoms with Crippen LogP contribution in [0.25, 0.3) is 0 Å². The van der Waals surface area contributed by atoms with Gasteiger partial charge in [-0.2, -0.15) is 0 Å². The fourth-order valence-corrected chi connectivity index (χ4v) is 2.42. The van der Waals surface area contributed by atoms with Crippen LogP contribution < -0.4 is 5.32 Å². The third-order valence-electron chi connectivity index (χ3n) is 3.11. The molecule has 2 aromatic carbocycles. The molecule has 0 spiro atoms. The lowest BCUT2D eigenvalue weighted by molar-refractivity contribution is -0.116. The molecule has 0 aromatic heterocycles. The molecule has 0 bridgehead atoms. The molecule has 0 aliphatic rings. The number of carbonyl (C=O) groups is 1. The van der Waals surface area contributed by atoms with E-state index < -0.39 is 0 Å². The first kappa shape index (κ1) is 15.8. The molecule has 0 saturated heterocycles. The quantitative estimate of drug-likeness (QED) is 0.840. The summed E-state index contributed by atoms with van der Waals surface area (Å²) in [6.07, 6.45) is 0.757. The molecule has 2 aromatic rings. The number of benzene rings is 2. The van der Waals surface area contributed by atoms with Gasteiger partial charge in [-0.05, 0) is 48.7 Å². The molecule has 0 heterocycles. The van der Waals surface area contributed by atoms with Gasteiger partial charge in [0.2, 0.25) is 5.91 Å². The molecule has 0 fully saturated rings. The average molecular weight is 326 g/mol. The second-order valence-corrected chi connectivity index (χ2v) is 5.59. The smallest absolute Gasteiger partial charge is 0.224 e. The fraction of sp³-hybridized carbons (Fsp3) is 0.188. The van der Waals surface area contributed by atoms with Crippen molar-refractivity contribution in [3.05, 3.63) is 63.4 Å². The minimum absolute atomic E-state index is 0.185. The molecule has 0 radical (unpaired) electrons. The van der Waals surface area contributed by atoms with E-state index in [9.17, 15) is 9.18 Å². The Bertz CT molecular complexity index is 673. The lowest BCUT2D eigenvalue weighted by Crippen LogP contribution is -2.13. The molecule has 5 heteroatoms. The summed E-state index contributed by atoms with van der Waals surface area (Å²) in [4.78, 5) is 11.9. The second kappa shape index (κ2) is 6.92. The summed E-state index contributed by atoms with van der Waals surface area (Å²) in [6, 6.07) is 9.47. The summed E-state index contributed by atoms with van der Waals surface area (Å²) < 4.78 is 13.2. The van der Waals surface area contributed by atoms with Gasteiger partial charge in [0.15, 0.2) is 0 Å². The van der Waals surface area contributed by atoms with Crippen LogP contribution >= 0.6 is 23.2 Å². The minimum Gasteiger partial charge on any atom is -0.326 e. The van der Waals surface area contributed by atoms with E-state index in [4.69, 9.17) is 23.2 Å². The van der Waals surface area contributed by atoms with Gasteiger partial charge in [-0.3, -0.25) is 4.79 Å². The van der Waals surface area contributed by atoms with E-state index >= 15 is 0 Å².